The van der Waals surface area contributed by atoms with Gasteiger partial charge in [-0.1, -0.05) is 0 Å². The fraction of sp³-hybridized carbons (Fsp3) is 0.625. The molecule has 0 unspecified atom stereocenters. The number of carboxylic acids is 1. The van der Waals surface area contributed by atoms with Gasteiger partial charge in [0.15, 0.2) is 5.43 Å². The molecule has 4 bridgehead atoms. The predicted octanol–water partition coefficient (Wildman–Crippen LogP) is 2.61. The van der Waals surface area contributed by atoms with Gasteiger partial charge in [0.05, 0.1) is 0 Å². The molecule has 5 rings (SSSR count). The predicted molar refractivity (Wildman–Crippen MR) is 73.8 cm³/mol. The van der Waals surface area contributed by atoms with Crippen LogP contribution in [0.3, 0.4) is 0 Å². The first-order valence-corrected chi connectivity index (χ1v) is 7.57. The Bertz CT molecular complexity index is 590. The molecule has 4 heteroatoms. The summed E-state index contributed by atoms with van der Waals surface area (Å²) in [5.74, 6) is 2.48. The van der Waals surface area contributed by atoms with E-state index in [0.29, 0.717) is 17.8 Å². The monoisotopic (exact) mass is 273 g/mol. The highest BCUT2D eigenvalue weighted by Crippen LogP contribution is 2.59. The first-order valence-electron chi connectivity index (χ1n) is 7.57. The highest BCUT2D eigenvalue weighted by molar-refractivity contribution is 5.87. The van der Waals surface area contributed by atoms with Crippen molar-refractivity contribution in [1.29, 1.82) is 0 Å². The molecule has 1 heterocycles. The summed E-state index contributed by atoms with van der Waals surface area (Å²) in [6, 6.07) is 1.54. The Morgan fingerprint density at radius 3 is 2.20 bits per heavy atom. The molecule has 0 aliphatic heterocycles. The van der Waals surface area contributed by atoms with E-state index in [4.69, 9.17) is 5.11 Å². The number of pyridine rings is 1. The normalized spacial score (nSPS) is 38.1. The van der Waals surface area contributed by atoms with Crippen molar-refractivity contribution in [2.75, 3.05) is 0 Å². The lowest BCUT2D eigenvalue weighted by Gasteiger charge is -2.54. The zero-order valence-electron chi connectivity index (χ0n) is 11.3. The second-order valence-electron chi connectivity index (χ2n) is 6.93. The van der Waals surface area contributed by atoms with Gasteiger partial charge in [0.2, 0.25) is 0 Å². The molecule has 4 aliphatic rings. The molecule has 1 aromatic heterocycles. The average Bonchev–Trinajstić information content (AvgIpc) is 2.37. The summed E-state index contributed by atoms with van der Waals surface area (Å²) in [7, 11) is 0. The molecule has 0 atom stereocenters. The third-order valence-electron chi connectivity index (χ3n) is 5.75. The summed E-state index contributed by atoms with van der Waals surface area (Å²) in [4.78, 5) is 26.0. The molecule has 0 saturated heterocycles. The first kappa shape index (κ1) is 12.2. The number of nitrogens with one attached hydrogen (secondary N) is 1. The van der Waals surface area contributed by atoms with E-state index >= 15 is 0 Å². The number of aromatic nitrogens is 1. The van der Waals surface area contributed by atoms with E-state index in [1.165, 1.54) is 44.4 Å². The van der Waals surface area contributed by atoms with Gasteiger partial charge in [-0.15, -0.1) is 0 Å². The summed E-state index contributed by atoms with van der Waals surface area (Å²) in [6.45, 7) is 0. The number of hydrogen-bond acceptors (Lipinski definition) is 2. The smallest absolute Gasteiger partial charge is 0.341 e. The Morgan fingerprint density at radius 1 is 1.10 bits per heavy atom. The van der Waals surface area contributed by atoms with Crippen molar-refractivity contribution in [2.45, 2.75) is 38.0 Å². The molecule has 20 heavy (non-hydrogen) atoms. The van der Waals surface area contributed by atoms with Crippen LogP contribution in [0.25, 0.3) is 0 Å². The molecule has 4 saturated carbocycles. The molecule has 106 valence electrons. The molecule has 0 amide bonds. The molecule has 2 N–H and O–H groups in total. The topological polar surface area (TPSA) is 70.2 Å². The molecule has 1 aromatic rings. The van der Waals surface area contributed by atoms with E-state index in [1.54, 1.807) is 0 Å². The molecule has 0 spiro atoms. The summed E-state index contributed by atoms with van der Waals surface area (Å²) in [5, 5.41) is 8.95. The Balaban J connectivity index is 1.69. The number of carbonyl (C=O) groups is 1. The lowest BCUT2D eigenvalue weighted by atomic mass is 9.51. The fourth-order valence-corrected chi connectivity index (χ4v) is 5.28. The van der Waals surface area contributed by atoms with Crippen molar-refractivity contribution in [3.05, 3.63) is 33.7 Å². The van der Waals surface area contributed by atoms with E-state index in [9.17, 15) is 9.59 Å². The quantitative estimate of drug-likeness (QED) is 0.870. The molecule has 0 aromatic carbocycles. The van der Waals surface area contributed by atoms with Crippen LogP contribution in [0.15, 0.2) is 17.1 Å². The van der Waals surface area contributed by atoms with E-state index in [0.717, 1.165) is 17.5 Å². The second kappa shape index (κ2) is 4.21. The largest absolute Gasteiger partial charge is 0.477 e. The van der Waals surface area contributed by atoms with Crippen molar-refractivity contribution >= 4 is 5.97 Å². The number of rotatable bonds is 2. The summed E-state index contributed by atoms with van der Waals surface area (Å²) < 4.78 is 0. The summed E-state index contributed by atoms with van der Waals surface area (Å²) >= 11 is 0. The fourth-order valence-electron chi connectivity index (χ4n) is 5.28. The minimum absolute atomic E-state index is 0.155. The maximum Gasteiger partial charge on any atom is 0.341 e. The molecular weight excluding hydrogens is 254 g/mol. The van der Waals surface area contributed by atoms with Gasteiger partial charge < -0.3 is 10.1 Å². The van der Waals surface area contributed by atoms with Crippen molar-refractivity contribution in [1.82, 2.24) is 4.98 Å². The summed E-state index contributed by atoms with van der Waals surface area (Å²) in [5.41, 5.74) is 0.450. The van der Waals surface area contributed by atoms with Gasteiger partial charge in [0, 0.05) is 23.9 Å². The second-order valence-corrected chi connectivity index (χ2v) is 6.93. The van der Waals surface area contributed by atoms with E-state index < -0.39 is 5.97 Å². The van der Waals surface area contributed by atoms with Crippen LogP contribution in [0.2, 0.25) is 0 Å². The van der Waals surface area contributed by atoms with Crippen LogP contribution in [-0.4, -0.2) is 16.1 Å². The van der Waals surface area contributed by atoms with Crippen molar-refractivity contribution in [3.8, 4) is 0 Å². The third-order valence-corrected chi connectivity index (χ3v) is 5.75. The van der Waals surface area contributed by atoms with Gasteiger partial charge in [0.25, 0.3) is 0 Å². The number of aromatic amines is 1. The number of aromatic carboxylic acids is 1. The summed E-state index contributed by atoms with van der Waals surface area (Å²) in [6.07, 6.45) is 7.96. The van der Waals surface area contributed by atoms with Crippen LogP contribution >= 0.6 is 0 Å². The highest BCUT2D eigenvalue weighted by Gasteiger charge is 2.48. The van der Waals surface area contributed by atoms with Crippen LogP contribution in [0, 0.1) is 23.7 Å². The number of carboxylic acid groups (broad SMARTS) is 1. The van der Waals surface area contributed by atoms with E-state index in [-0.39, 0.29) is 11.0 Å². The van der Waals surface area contributed by atoms with E-state index in [1.807, 2.05) is 0 Å². The lowest BCUT2D eigenvalue weighted by Crippen LogP contribution is -2.44. The minimum Gasteiger partial charge on any atom is -0.477 e. The van der Waals surface area contributed by atoms with Crippen molar-refractivity contribution < 1.29 is 9.90 Å². The number of H-pyrrole nitrogens is 1. The van der Waals surface area contributed by atoms with Crippen molar-refractivity contribution in [3.63, 3.8) is 0 Å². The zero-order valence-corrected chi connectivity index (χ0v) is 11.3. The number of hydrogen-bond donors (Lipinski definition) is 2. The minimum atomic E-state index is -1.15. The maximum absolute atomic E-state index is 11.9. The van der Waals surface area contributed by atoms with Crippen LogP contribution in [-0.2, 0) is 0 Å². The van der Waals surface area contributed by atoms with Gasteiger partial charge in [-0.25, -0.2) is 4.79 Å². The molecular formula is C16H19NO3. The molecule has 4 fully saturated rings. The third kappa shape index (κ3) is 1.74. The van der Waals surface area contributed by atoms with Crippen LogP contribution in [0.5, 0.6) is 0 Å². The van der Waals surface area contributed by atoms with Gasteiger partial charge >= 0.3 is 5.97 Å². The van der Waals surface area contributed by atoms with Crippen LogP contribution in [0.1, 0.15) is 54.1 Å². The van der Waals surface area contributed by atoms with Gasteiger partial charge in [-0.2, -0.15) is 0 Å². The molecule has 4 nitrogen and oxygen atoms in total. The Kier molecular flexibility index (Phi) is 2.56. The molecule has 0 radical (unpaired) electrons. The van der Waals surface area contributed by atoms with Gasteiger partial charge in [-0.3, -0.25) is 4.79 Å². The molecule has 4 aliphatic carbocycles. The SMILES string of the molecule is O=C(O)c1c[nH]c(C2C3CC4CC(C3)CC2C4)cc1=O. The zero-order chi connectivity index (χ0) is 13.9. The standard InChI is InChI=1S/C16H19NO3/c18-14-6-13(17-7-12(14)16(19)20)15-10-2-8-1-9(4-10)5-11(15)3-8/h6-11,15H,1-5H2,(H,17,18)(H,19,20). The highest BCUT2D eigenvalue weighted by atomic mass is 16.4. The van der Waals surface area contributed by atoms with Crippen LogP contribution in [0.4, 0.5) is 0 Å². The van der Waals surface area contributed by atoms with E-state index in [2.05, 4.69) is 4.98 Å². The Hall–Kier alpha value is -1.58. The lowest BCUT2D eigenvalue weighted by molar-refractivity contribution is -0.00418. The maximum atomic E-state index is 11.9. The van der Waals surface area contributed by atoms with Crippen molar-refractivity contribution in [2.24, 2.45) is 23.7 Å². The van der Waals surface area contributed by atoms with Gasteiger partial charge in [-0.05, 0) is 55.8 Å². The van der Waals surface area contributed by atoms with Gasteiger partial charge in [0.1, 0.15) is 5.56 Å². The van der Waals surface area contributed by atoms with Crippen LogP contribution < -0.4 is 5.43 Å². The average molecular weight is 273 g/mol. The first-order chi connectivity index (χ1) is 9.61. The Morgan fingerprint density at radius 2 is 1.70 bits per heavy atom. The Labute approximate surface area is 117 Å².